The van der Waals surface area contributed by atoms with Crippen molar-refractivity contribution >= 4 is 17.7 Å². The van der Waals surface area contributed by atoms with Crippen molar-refractivity contribution in [2.24, 2.45) is 0 Å². The van der Waals surface area contributed by atoms with Crippen molar-refractivity contribution in [3.63, 3.8) is 0 Å². The lowest BCUT2D eigenvalue weighted by molar-refractivity contribution is -0.385. The third-order valence-electron chi connectivity index (χ3n) is 3.44. The number of hydrogen-bond acceptors (Lipinski definition) is 6. The maximum atomic E-state index is 13.2. The SMILES string of the molecule is CN(C)C(=O)Oc1cccc(CNC(=O)COc2cc(F)ccc2[N+](=O)[O-])c1. The van der Waals surface area contributed by atoms with E-state index in [4.69, 9.17) is 9.47 Å². The number of carbonyl (C=O) groups is 2. The van der Waals surface area contributed by atoms with Gasteiger partial charge in [-0.3, -0.25) is 14.9 Å². The summed E-state index contributed by atoms with van der Waals surface area (Å²) in [7, 11) is 3.10. The van der Waals surface area contributed by atoms with E-state index < -0.39 is 35.0 Å². The molecule has 0 unspecified atom stereocenters. The van der Waals surface area contributed by atoms with Gasteiger partial charge in [-0.1, -0.05) is 12.1 Å². The molecule has 2 rings (SSSR count). The summed E-state index contributed by atoms with van der Waals surface area (Å²) in [5, 5.41) is 13.5. The first-order valence-corrected chi connectivity index (χ1v) is 8.08. The molecule has 2 amide bonds. The zero-order valence-electron chi connectivity index (χ0n) is 15.2. The van der Waals surface area contributed by atoms with Gasteiger partial charge in [-0.2, -0.15) is 0 Å². The molecule has 2 aromatic rings. The van der Waals surface area contributed by atoms with E-state index in [-0.39, 0.29) is 12.3 Å². The monoisotopic (exact) mass is 391 g/mol. The number of nitrogens with zero attached hydrogens (tertiary/aromatic N) is 2. The number of carbonyl (C=O) groups excluding carboxylic acids is 2. The highest BCUT2D eigenvalue weighted by molar-refractivity contribution is 5.77. The highest BCUT2D eigenvalue weighted by atomic mass is 19.1. The number of amides is 2. The van der Waals surface area contributed by atoms with Gasteiger partial charge in [0, 0.05) is 32.8 Å². The summed E-state index contributed by atoms with van der Waals surface area (Å²) in [5.41, 5.74) is 0.221. The van der Waals surface area contributed by atoms with Crippen molar-refractivity contribution in [2.75, 3.05) is 20.7 Å². The van der Waals surface area contributed by atoms with E-state index in [2.05, 4.69) is 5.32 Å². The first kappa shape index (κ1) is 20.6. The van der Waals surface area contributed by atoms with E-state index in [9.17, 15) is 24.1 Å². The van der Waals surface area contributed by atoms with Gasteiger partial charge in [0.05, 0.1) is 4.92 Å². The van der Waals surface area contributed by atoms with Crippen molar-refractivity contribution in [3.05, 3.63) is 64.0 Å². The summed E-state index contributed by atoms with van der Waals surface area (Å²) in [6, 6.07) is 9.29. The van der Waals surface area contributed by atoms with E-state index in [1.807, 2.05) is 0 Å². The Labute approximate surface area is 159 Å². The highest BCUT2D eigenvalue weighted by Gasteiger charge is 2.17. The van der Waals surface area contributed by atoms with Gasteiger partial charge in [0.2, 0.25) is 5.75 Å². The summed E-state index contributed by atoms with van der Waals surface area (Å²) in [4.78, 5) is 34.9. The molecule has 28 heavy (non-hydrogen) atoms. The average Bonchev–Trinajstić information content (AvgIpc) is 2.64. The topological polar surface area (TPSA) is 111 Å². The molecular weight excluding hydrogens is 373 g/mol. The lowest BCUT2D eigenvalue weighted by atomic mass is 10.2. The molecule has 0 saturated heterocycles. The molecule has 148 valence electrons. The van der Waals surface area contributed by atoms with Gasteiger partial charge < -0.3 is 19.7 Å². The van der Waals surface area contributed by atoms with Crippen LogP contribution in [0.25, 0.3) is 0 Å². The van der Waals surface area contributed by atoms with Gasteiger partial charge >= 0.3 is 11.8 Å². The minimum Gasteiger partial charge on any atom is -0.477 e. The van der Waals surface area contributed by atoms with E-state index in [0.29, 0.717) is 11.3 Å². The summed E-state index contributed by atoms with van der Waals surface area (Å²) in [6.07, 6.45) is -0.536. The van der Waals surface area contributed by atoms with Crippen LogP contribution in [-0.2, 0) is 11.3 Å². The molecule has 0 fully saturated rings. The quantitative estimate of drug-likeness (QED) is 0.573. The predicted molar refractivity (Wildman–Crippen MR) is 96.5 cm³/mol. The summed E-state index contributed by atoms with van der Waals surface area (Å²) >= 11 is 0. The molecule has 0 heterocycles. The number of nitro benzene ring substituents is 1. The van der Waals surface area contributed by atoms with Crippen LogP contribution in [0.4, 0.5) is 14.9 Å². The van der Waals surface area contributed by atoms with E-state index in [1.54, 1.807) is 38.4 Å². The van der Waals surface area contributed by atoms with Crippen molar-refractivity contribution in [1.82, 2.24) is 10.2 Å². The van der Waals surface area contributed by atoms with Crippen LogP contribution < -0.4 is 14.8 Å². The number of halogens is 1. The molecule has 0 aromatic heterocycles. The zero-order valence-corrected chi connectivity index (χ0v) is 15.2. The molecule has 0 radical (unpaired) electrons. The Bertz CT molecular complexity index is 887. The Morgan fingerprint density at radius 1 is 1.21 bits per heavy atom. The van der Waals surface area contributed by atoms with Crippen molar-refractivity contribution in [3.8, 4) is 11.5 Å². The first-order chi connectivity index (χ1) is 13.3. The fourth-order valence-corrected chi connectivity index (χ4v) is 2.06. The highest BCUT2D eigenvalue weighted by Crippen LogP contribution is 2.27. The van der Waals surface area contributed by atoms with Crippen LogP contribution in [0.3, 0.4) is 0 Å². The van der Waals surface area contributed by atoms with Crippen LogP contribution in [-0.4, -0.2) is 42.5 Å². The lowest BCUT2D eigenvalue weighted by Crippen LogP contribution is -2.28. The molecule has 0 bridgehead atoms. The zero-order chi connectivity index (χ0) is 20.7. The van der Waals surface area contributed by atoms with Crippen molar-refractivity contribution in [1.29, 1.82) is 0 Å². The number of rotatable bonds is 7. The number of hydrogen-bond donors (Lipinski definition) is 1. The van der Waals surface area contributed by atoms with Gasteiger partial charge in [0.25, 0.3) is 5.91 Å². The molecule has 0 aliphatic heterocycles. The standard InChI is InChI=1S/C18H18FN3O6/c1-21(2)18(24)28-14-5-3-4-12(8-14)10-20-17(23)11-27-16-9-13(19)6-7-15(16)22(25)26/h3-9H,10-11H2,1-2H3,(H,20,23). The first-order valence-electron chi connectivity index (χ1n) is 8.08. The molecule has 0 atom stereocenters. The molecule has 0 aliphatic rings. The number of nitro groups is 1. The van der Waals surface area contributed by atoms with Crippen LogP contribution in [0.1, 0.15) is 5.56 Å². The van der Waals surface area contributed by atoms with E-state index in [0.717, 1.165) is 18.2 Å². The maximum Gasteiger partial charge on any atom is 0.414 e. The van der Waals surface area contributed by atoms with Crippen LogP contribution in [0, 0.1) is 15.9 Å². The van der Waals surface area contributed by atoms with Crippen LogP contribution in [0.2, 0.25) is 0 Å². The maximum absolute atomic E-state index is 13.2. The molecule has 1 N–H and O–H groups in total. The second-order valence-corrected chi connectivity index (χ2v) is 5.84. The molecule has 10 heteroatoms. The summed E-state index contributed by atoms with van der Waals surface area (Å²) < 4.78 is 23.4. The Morgan fingerprint density at radius 2 is 1.96 bits per heavy atom. The normalized spacial score (nSPS) is 10.1. The third-order valence-corrected chi connectivity index (χ3v) is 3.44. The van der Waals surface area contributed by atoms with Gasteiger partial charge in [-0.05, 0) is 23.8 Å². The van der Waals surface area contributed by atoms with Gasteiger partial charge in [0.15, 0.2) is 6.61 Å². The lowest BCUT2D eigenvalue weighted by Gasteiger charge is -2.12. The van der Waals surface area contributed by atoms with Gasteiger partial charge in [-0.15, -0.1) is 0 Å². The number of ether oxygens (including phenoxy) is 2. The van der Waals surface area contributed by atoms with Gasteiger partial charge in [-0.25, -0.2) is 9.18 Å². The Morgan fingerprint density at radius 3 is 2.64 bits per heavy atom. The molecular formula is C18H18FN3O6. The fourth-order valence-electron chi connectivity index (χ4n) is 2.06. The fraction of sp³-hybridized carbons (Fsp3) is 0.222. The Kier molecular flexibility index (Phi) is 6.85. The average molecular weight is 391 g/mol. The van der Waals surface area contributed by atoms with Crippen molar-refractivity contribution in [2.45, 2.75) is 6.54 Å². The summed E-state index contributed by atoms with van der Waals surface area (Å²) in [5.74, 6) is -1.30. The minimum atomic E-state index is -0.729. The van der Waals surface area contributed by atoms with Crippen LogP contribution >= 0.6 is 0 Å². The molecule has 0 aliphatic carbocycles. The second kappa shape index (κ2) is 9.31. The molecule has 2 aromatic carbocycles. The van der Waals surface area contributed by atoms with Gasteiger partial charge in [0.1, 0.15) is 11.6 Å². The Balaban J connectivity index is 1.91. The summed E-state index contributed by atoms with van der Waals surface area (Å²) in [6.45, 7) is -0.416. The largest absolute Gasteiger partial charge is 0.477 e. The molecule has 0 spiro atoms. The Hall–Kier alpha value is -3.69. The third kappa shape index (κ3) is 5.94. The van der Waals surface area contributed by atoms with E-state index >= 15 is 0 Å². The van der Waals surface area contributed by atoms with Crippen LogP contribution in [0.5, 0.6) is 11.5 Å². The predicted octanol–water partition coefficient (Wildman–Crippen LogP) is 2.49. The molecule has 9 nitrogen and oxygen atoms in total. The smallest absolute Gasteiger partial charge is 0.414 e. The number of benzene rings is 2. The molecule has 0 saturated carbocycles. The van der Waals surface area contributed by atoms with Crippen LogP contribution in [0.15, 0.2) is 42.5 Å². The van der Waals surface area contributed by atoms with E-state index in [1.165, 1.54) is 4.90 Å². The minimum absolute atomic E-state index is 0.112. The second-order valence-electron chi connectivity index (χ2n) is 5.84. The number of nitrogens with one attached hydrogen (secondary N) is 1. The van der Waals surface area contributed by atoms with Crippen molar-refractivity contribution < 1.29 is 28.4 Å².